The predicted molar refractivity (Wildman–Crippen MR) is 62.0 cm³/mol. The summed E-state index contributed by atoms with van der Waals surface area (Å²) >= 11 is 5.48. The van der Waals surface area contributed by atoms with Gasteiger partial charge >= 0.3 is 0 Å². The molecule has 1 amide bonds. The summed E-state index contributed by atoms with van der Waals surface area (Å²) < 4.78 is 10.5. The molecule has 1 aliphatic rings. The lowest BCUT2D eigenvalue weighted by Gasteiger charge is -2.42. The SMILES string of the molecule is CC(=O)N[C@H]1[C@@H](OCCCl)O[C@H](CO)[C@@H](O)[C@@H]1O. The van der Waals surface area contributed by atoms with E-state index in [2.05, 4.69) is 5.32 Å². The van der Waals surface area contributed by atoms with Crippen LogP contribution in [0.3, 0.4) is 0 Å². The van der Waals surface area contributed by atoms with E-state index in [0.717, 1.165) is 0 Å². The lowest BCUT2D eigenvalue weighted by molar-refractivity contribution is -0.268. The largest absolute Gasteiger partial charge is 0.394 e. The van der Waals surface area contributed by atoms with E-state index in [0.29, 0.717) is 0 Å². The summed E-state index contributed by atoms with van der Waals surface area (Å²) in [4.78, 5) is 11.0. The van der Waals surface area contributed by atoms with Gasteiger partial charge in [-0.25, -0.2) is 0 Å². The van der Waals surface area contributed by atoms with Crippen LogP contribution in [0.2, 0.25) is 0 Å². The third-order valence-electron chi connectivity index (χ3n) is 2.61. The first-order valence-corrected chi connectivity index (χ1v) is 6.11. The summed E-state index contributed by atoms with van der Waals surface area (Å²) in [6.07, 6.45) is -4.53. The van der Waals surface area contributed by atoms with Crippen LogP contribution in [0.15, 0.2) is 0 Å². The second-order valence-electron chi connectivity index (χ2n) is 3.99. The van der Waals surface area contributed by atoms with Crippen LogP contribution in [0.4, 0.5) is 0 Å². The van der Waals surface area contributed by atoms with E-state index >= 15 is 0 Å². The van der Waals surface area contributed by atoms with Crippen molar-refractivity contribution in [3.05, 3.63) is 0 Å². The predicted octanol–water partition coefficient (Wildman–Crippen LogP) is -1.81. The Morgan fingerprint density at radius 3 is 2.61 bits per heavy atom. The Labute approximate surface area is 110 Å². The summed E-state index contributed by atoms with van der Waals surface area (Å²) in [5.74, 6) is -0.175. The molecule has 5 atom stereocenters. The molecule has 0 saturated carbocycles. The number of aliphatic hydroxyl groups excluding tert-OH is 3. The van der Waals surface area contributed by atoms with Crippen molar-refractivity contribution >= 4 is 17.5 Å². The van der Waals surface area contributed by atoms with E-state index in [1.54, 1.807) is 0 Å². The molecule has 8 heteroatoms. The highest BCUT2D eigenvalue weighted by atomic mass is 35.5. The molecule has 0 bridgehead atoms. The average molecular weight is 284 g/mol. The van der Waals surface area contributed by atoms with E-state index < -0.39 is 43.2 Å². The second-order valence-corrected chi connectivity index (χ2v) is 4.37. The lowest BCUT2D eigenvalue weighted by atomic mass is 9.97. The molecule has 0 aromatic rings. The summed E-state index contributed by atoms with van der Waals surface area (Å²) in [7, 11) is 0. The Balaban J connectivity index is 2.76. The van der Waals surface area contributed by atoms with Crippen molar-refractivity contribution in [2.45, 2.75) is 37.6 Å². The minimum Gasteiger partial charge on any atom is -0.394 e. The first-order chi connectivity index (χ1) is 8.51. The molecule has 106 valence electrons. The van der Waals surface area contributed by atoms with Gasteiger partial charge in [-0.1, -0.05) is 0 Å². The third kappa shape index (κ3) is 3.78. The number of nitrogens with one attached hydrogen (secondary N) is 1. The first-order valence-electron chi connectivity index (χ1n) is 5.58. The van der Waals surface area contributed by atoms with Crippen molar-refractivity contribution in [2.24, 2.45) is 0 Å². The normalized spacial score (nSPS) is 36.4. The number of halogens is 1. The van der Waals surface area contributed by atoms with Crippen molar-refractivity contribution in [1.82, 2.24) is 5.32 Å². The Kier molecular flexibility index (Phi) is 6.27. The zero-order valence-electron chi connectivity index (χ0n) is 9.95. The molecule has 0 spiro atoms. The van der Waals surface area contributed by atoms with Gasteiger partial charge in [-0.15, -0.1) is 11.6 Å². The average Bonchev–Trinajstić information content (AvgIpc) is 2.33. The van der Waals surface area contributed by atoms with Crippen LogP contribution in [0.25, 0.3) is 0 Å². The monoisotopic (exact) mass is 283 g/mol. The van der Waals surface area contributed by atoms with Gasteiger partial charge in [0.1, 0.15) is 24.4 Å². The number of hydrogen-bond acceptors (Lipinski definition) is 6. The molecule has 0 unspecified atom stereocenters. The molecule has 4 N–H and O–H groups in total. The third-order valence-corrected chi connectivity index (χ3v) is 2.76. The molecular weight excluding hydrogens is 266 g/mol. The molecule has 7 nitrogen and oxygen atoms in total. The van der Waals surface area contributed by atoms with Crippen molar-refractivity contribution in [3.63, 3.8) is 0 Å². The quantitative estimate of drug-likeness (QED) is 0.443. The summed E-state index contributed by atoms with van der Waals surface area (Å²) in [5, 5.41) is 31.1. The minimum atomic E-state index is -1.30. The lowest BCUT2D eigenvalue weighted by Crippen LogP contribution is -2.64. The maximum absolute atomic E-state index is 11.0. The molecular formula is C10H18ClNO6. The van der Waals surface area contributed by atoms with Gasteiger partial charge in [0.2, 0.25) is 5.91 Å². The van der Waals surface area contributed by atoms with Crippen LogP contribution in [-0.2, 0) is 14.3 Å². The Bertz CT molecular complexity index is 279. The second kappa shape index (κ2) is 7.22. The van der Waals surface area contributed by atoms with Crippen molar-refractivity contribution in [2.75, 3.05) is 19.1 Å². The van der Waals surface area contributed by atoms with Crippen molar-refractivity contribution in [1.29, 1.82) is 0 Å². The number of amides is 1. The Morgan fingerprint density at radius 2 is 2.11 bits per heavy atom. The van der Waals surface area contributed by atoms with Gasteiger partial charge in [-0.05, 0) is 0 Å². The van der Waals surface area contributed by atoms with Gasteiger partial charge in [0.05, 0.1) is 13.2 Å². The summed E-state index contributed by atoms with van der Waals surface area (Å²) in [6.45, 7) is 0.963. The number of ether oxygens (including phenoxy) is 2. The molecule has 1 fully saturated rings. The molecule has 1 saturated heterocycles. The molecule has 1 aliphatic heterocycles. The fourth-order valence-corrected chi connectivity index (χ4v) is 1.86. The summed E-state index contributed by atoms with van der Waals surface area (Å²) in [6, 6.07) is -0.913. The highest BCUT2D eigenvalue weighted by Crippen LogP contribution is 2.22. The van der Waals surface area contributed by atoms with Crippen LogP contribution in [-0.4, -0.2) is 71.0 Å². The fraction of sp³-hybridized carbons (Fsp3) is 0.900. The zero-order valence-corrected chi connectivity index (χ0v) is 10.7. The van der Waals surface area contributed by atoms with E-state index in [4.69, 9.17) is 26.2 Å². The van der Waals surface area contributed by atoms with Gasteiger partial charge in [0.25, 0.3) is 0 Å². The number of rotatable bonds is 5. The Morgan fingerprint density at radius 1 is 1.44 bits per heavy atom. The number of hydrogen-bond donors (Lipinski definition) is 4. The van der Waals surface area contributed by atoms with E-state index in [-0.39, 0.29) is 12.5 Å². The van der Waals surface area contributed by atoms with Gasteiger partial charge in [-0.2, -0.15) is 0 Å². The van der Waals surface area contributed by atoms with Crippen LogP contribution in [0.1, 0.15) is 6.92 Å². The molecule has 0 radical (unpaired) electrons. The minimum absolute atomic E-state index is 0.156. The molecule has 0 aliphatic carbocycles. The maximum Gasteiger partial charge on any atom is 0.217 e. The van der Waals surface area contributed by atoms with Crippen molar-refractivity contribution in [3.8, 4) is 0 Å². The van der Waals surface area contributed by atoms with E-state index in [1.165, 1.54) is 6.92 Å². The number of carbonyl (C=O) groups excluding carboxylic acids is 1. The Hall–Kier alpha value is -0.440. The number of carbonyl (C=O) groups is 1. The summed E-state index contributed by atoms with van der Waals surface area (Å²) in [5.41, 5.74) is 0. The first kappa shape index (κ1) is 15.6. The maximum atomic E-state index is 11.0. The standard InChI is InChI=1S/C10H18ClNO6/c1-5(14)12-7-9(16)8(15)6(4-13)18-10(7)17-3-2-11/h6-10,13,15-16H,2-4H2,1H3,(H,12,14)/t6-,7-,8-,9-,10+/m1/s1. The van der Waals surface area contributed by atoms with Crippen LogP contribution in [0.5, 0.6) is 0 Å². The van der Waals surface area contributed by atoms with Crippen LogP contribution < -0.4 is 5.32 Å². The van der Waals surface area contributed by atoms with E-state index in [9.17, 15) is 15.0 Å². The zero-order chi connectivity index (χ0) is 13.7. The van der Waals surface area contributed by atoms with E-state index in [1.807, 2.05) is 0 Å². The number of aliphatic hydroxyl groups is 3. The van der Waals surface area contributed by atoms with Gasteiger partial charge in [0, 0.05) is 12.8 Å². The highest BCUT2D eigenvalue weighted by molar-refractivity contribution is 6.17. The fourth-order valence-electron chi connectivity index (χ4n) is 1.77. The van der Waals surface area contributed by atoms with Gasteiger partial charge in [0.15, 0.2) is 6.29 Å². The number of alkyl halides is 1. The molecule has 1 heterocycles. The molecule has 1 rings (SSSR count). The van der Waals surface area contributed by atoms with Crippen molar-refractivity contribution < 1.29 is 29.6 Å². The highest BCUT2D eigenvalue weighted by Gasteiger charge is 2.45. The topological polar surface area (TPSA) is 108 Å². The molecule has 0 aromatic heterocycles. The molecule has 0 aromatic carbocycles. The van der Waals surface area contributed by atoms with Crippen LogP contribution >= 0.6 is 11.6 Å². The van der Waals surface area contributed by atoms with Gasteiger partial charge in [-0.3, -0.25) is 4.79 Å². The van der Waals surface area contributed by atoms with Crippen LogP contribution in [0, 0.1) is 0 Å². The van der Waals surface area contributed by atoms with Gasteiger partial charge < -0.3 is 30.1 Å². The smallest absolute Gasteiger partial charge is 0.217 e. The molecule has 18 heavy (non-hydrogen) atoms.